The second-order valence-corrected chi connectivity index (χ2v) is 3.80. The number of hydrogen-bond acceptors (Lipinski definition) is 2. The molecule has 0 amide bonds. The Kier molecular flexibility index (Phi) is 3.32. The lowest BCUT2D eigenvalue weighted by Gasteiger charge is -2.14. The predicted molar refractivity (Wildman–Crippen MR) is 58.2 cm³/mol. The fourth-order valence-electron chi connectivity index (χ4n) is 1.26. The van der Waals surface area contributed by atoms with Gasteiger partial charge in [-0.15, -0.1) is 0 Å². The van der Waals surface area contributed by atoms with Gasteiger partial charge >= 0.3 is 0 Å². The topological polar surface area (TPSA) is 6.48 Å². The highest BCUT2D eigenvalue weighted by molar-refractivity contribution is 5.45. The summed E-state index contributed by atoms with van der Waals surface area (Å²) in [5.74, 6) is 0. The van der Waals surface area contributed by atoms with Gasteiger partial charge in [0.25, 0.3) is 0 Å². The lowest BCUT2D eigenvalue weighted by Crippen LogP contribution is -2.11. The minimum Gasteiger partial charge on any atom is -0.378 e. The van der Waals surface area contributed by atoms with E-state index in [1.54, 1.807) is 0 Å². The minimum absolute atomic E-state index is 1.01. The average Bonchev–Trinajstić information content (AvgIpc) is 2.04. The van der Waals surface area contributed by atoms with E-state index >= 15 is 0 Å². The van der Waals surface area contributed by atoms with Gasteiger partial charge in [0.05, 0.1) is 0 Å². The molecule has 1 aromatic carbocycles. The maximum Gasteiger partial charge on any atom is 0.0361 e. The van der Waals surface area contributed by atoms with Gasteiger partial charge in [-0.3, -0.25) is 0 Å². The van der Waals surface area contributed by atoms with Crippen LogP contribution in [0.15, 0.2) is 24.3 Å². The van der Waals surface area contributed by atoms with Crippen LogP contribution in [0.5, 0.6) is 0 Å². The van der Waals surface area contributed by atoms with Gasteiger partial charge < -0.3 is 9.80 Å². The molecule has 2 heteroatoms. The van der Waals surface area contributed by atoms with Crippen molar-refractivity contribution >= 4 is 5.69 Å². The van der Waals surface area contributed by atoms with E-state index in [0.717, 1.165) is 6.54 Å². The lowest BCUT2D eigenvalue weighted by atomic mass is 10.2. The maximum absolute atomic E-state index is 2.18. The molecule has 72 valence electrons. The first-order valence-electron chi connectivity index (χ1n) is 4.50. The summed E-state index contributed by atoms with van der Waals surface area (Å²) in [6.45, 7) is 1.01. The molecule has 0 N–H and O–H groups in total. The Labute approximate surface area is 80.8 Å². The third-order valence-corrected chi connectivity index (χ3v) is 1.95. The Morgan fingerprint density at radius 3 is 1.85 bits per heavy atom. The van der Waals surface area contributed by atoms with Crippen LogP contribution in [0.1, 0.15) is 5.56 Å². The van der Waals surface area contributed by atoms with Crippen molar-refractivity contribution in [2.24, 2.45) is 0 Å². The van der Waals surface area contributed by atoms with Gasteiger partial charge in [0.15, 0.2) is 0 Å². The minimum atomic E-state index is 1.01. The summed E-state index contributed by atoms with van der Waals surface area (Å²) in [6.07, 6.45) is 0. The quantitative estimate of drug-likeness (QED) is 0.696. The van der Waals surface area contributed by atoms with Gasteiger partial charge in [-0.2, -0.15) is 0 Å². The Morgan fingerprint density at radius 2 is 1.46 bits per heavy atom. The molecule has 0 spiro atoms. The van der Waals surface area contributed by atoms with Gasteiger partial charge in [0.1, 0.15) is 0 Å². The van der Waals surface area contributed by atoms with Crippen molar-refractivity contribution < 1.29 is 0 Å². The van der Waals surface area contributed by atoms with Crippen LogP contribution < -0.4 is 4.90 Å². The van der Waals surface area contributed by atoms with E-state index in [9.17, 15) is 0 Å². The molecule has 0 atom stereocenters. The van der Waals surface area contributed by atoms with Crippen molar-refractivity contribution in [3.8, 4) is 0 Å². The molecule has 0 fully saturated rings. The molecule has 0 saturated heterocycles. The van der Waals surface area contributed by atoms with E-state index in [1.807, 2.05) is 0 Å². The van der Waals surface area contributed by atoms with Gasteiger partial charge in [-0.05, 0) is 31.8 Å². The van der Waals surface area contributed by atoms with Crippen LogP contribution in [0.25, 0.3) is 0 Å². The van der Waals surface area contributed by atoms with Crippen molar-refractivity contribution in [3.05, 3.63) is 29.8 Å². The SMILES string of the molecule is CN(C)Cc1ccc(N(C)C)cc1. The fraction of sp³-hybridized carbons (Fsp3) is 0.455. The molecule has 1 aromatic rings. The molecule has 2 nitrogen and oxygen atoms in total. The summed E-state index contributed by atoms with van der Waals surface area (Å²) < 4.78 is 0. The summed E-state index contributed by atoms with van der Waals surface area (Å²) >= 11 is 0. The fourth-order valence-corrected chi connectivity index (χ4v) is 1.26. The molecule has 0 saturated carbocycles. The number of hydrogen-bond donors (Lipinski definition) is 0. The van der Waals surface area contributed by atoms with Crippen LogP contribution >= 0.6 is 0 Å². The predicted octanol–water partition coefficient (Wildman–Crippen LogP) is 1.81. The molecule has 0 aliphatic carbocycles. The molecular formula is C11H18N2. The first-order valence-corrected chi connectivity index (χ1v) is 4.50. The summed E-state index contributed by atoms with van der Waals surface area (Å²) in [5, 5.41) is 0. The lowest BCUT2D eigenvalue weighted by molar-refractivity contribution is 0.402. The largest absolute Gasteiger partial charge is 0.378 e. The second-order valence-electron chi connectivity index (χ2n) is 3.80. The molecule has 0 aromatic heterocycles. The van der Waals surface area contributed by atoms with Crippen LogP contribution in [-0.4, -0.2) is 33.1 Å². The van der Waals surface area contributed by atoms with Crippen LogP contribution in [0.2, 0.25) is 0 Å². The molecule has 0 aliphatic heterocycles. The Balaban J connectivity index is 2.70. The van der Waals surface area contributed by atoms with E-state index in [4.69, 9.17) is 0 Å². The smallest absolute Gasteiger partial charge is 0.0361 e. The van der Waals surface area contributed by atoms with Crippen LogP contribution in [0, 0.1) is 0 Å². The molecular weight excluding hydrogens is 160 g/mol. The van der Waals surface area contributed by atoms with Gasteiger partial charge in [0, 0.05) is 26.3 Å². The number of anilines is 1. The molecule has 0 radical (unpaired) electrons. The van der Waals surface area contributed by atoms with Crippen LogP contribution in [0.3, 0.4) is 0 Å². The molecule has 0 bridgehead atoms. The van der Waals surface area contributed by atoms with Gasteiger partial charge in [-0.25, -0.2) is 0 Å². The summed E-state index contributed by atoms with van der Waals surface area (Å²) in [5.41, 5.74) is 2.61. The molecule has 0 heterocycles. The first kappa shape index (κ1) is 10.1. The van der Waals surface area contributed by atoms with Crippen molar-refractivity contribution in [2.45, 2.75) is 6.54 Å². The zero-order valence-corrected chi connectivity index (χ0v) is 8.91. The summed E-state index contributed by atoms with van der Waals surface area (Å²) in [7, 11) is 8.28. The van der Waals surface area contributed by atoms with Gasteiger partial charge in [-0.1, -0.05) is 12.1 Å². The van der Waals surface area contributed by atoms with Crippen molar-refractivity contribution in [1.82, 2.24) is 4.90 Å². The highest BCUT2D eigenvalue weighted by Crippen LogP contribution is 2.12. The normalized spacial score (nSPS) is 10.5. The van der Waals surface area contributed by atoms with E-state index < -0.39 is 0 Å². The monoisotopic (exact) mass is 178 g/mol. The van der Waals surface area contributed by atoms with E-state index in [-0.39, 0.29) is 0 Å². The zero-order valence-electron chi connectivity index (χ0n) is 8.91. The number of benzene rings is 1. The van der Waals surface area contributed by atoms with Crippen LogP contribution in [0.4, 0.5) is 5.69 Å². The molecule has 0 aliphatic rings. The van der Waals surface area contributed by atoms with Crippen LogP contribution in [-0.2, 0) is 6.54 Å². The number of nitrogens with zero attached hydrogens (tertiary/aromatic N) is 2. The second kappa shape index (κ2) is 4.28. The van der Waals surface area contributed by atoms with Crippen molar-refractivity contribution in [2.75, 3.05) is 33.1 Å². The highest BCUT2D eigenvalue weighted by Gasteiger charge is 1.96. The zero-order chi connectivity index (χ0) is 9.84. The Hall–Kier alpha value is -1.02. The maximum atomic E-state index is 2.18. The summed E-state index contributed by atoms with van der Waals surface area (Å²) in [4.78, 5) is 4.28. The Morgan fingerprint density at radius 1 is 0.923 bits per heavy atom. The summed E-state index contributed by atoms with van der Waals surface area (Å²) in [6, 6.07) is 8.66. The number of rotatable bonds is 3. The van der Waals surface area contributed by atoms with Crippen molar-refractivity contribution in [1.29, 1.82) is 0 Å². The standard InChI is InChI=1S/C11H18N2/c1-12(2)9-10-5-7-11(8-6-10)13(3)4/h5-8H,9H2,1-4H3. The van der Waals surface area contributed by atoms with E-state index in [0.29, 0.717) is 0 Å². The highest BCUT2D eigenvalue weighted by atomic mass is 15.1. The molecule has 0 unspecified atom stereocenters. The Bertz CT molecular complexity index is 249. The first-order chi connectivity index (χ1) is 6.09. The van der Waals surface area contributed by atoms with Crippen molar-refractivity contribution in [3.63, 3.8) is 0 Å². The molecule has 1 rings (SSSR count). The average molecular weight is 178 g/mol. The third-order valence-electron chi connectivity index (χ3n) is 1.95. The molecule has 13 heavy (non-hydrogen) atoms. The van der Waals surface area contributed by atoms with E-state index in [1.165, 1.54) is 11.3 Å². The third kappa shape index (κ3) is 3.07. The van der Waals surface area contributed by atoms with Gasteiger partial charge in [0.2, 0.25) is 0 Å². The van der Waals surface area contributed by atoms with E-state index in [2.05, 4.69) is 62.3 Å².